The lowest BCUT2D eigenvalue weighted by Crippen LogP contribution is -2.59. The lowest BCUT2D eigenvalue weighted by Gasteiger charge is -2.61. The molecule has 0 heterocycles. The first-order valence-electron chi connectivity index (χ1n) is 16.8. The van der Waals surface area contributed by atoms with Gasteiger partial charge in [-0.2, -0.15) is 0 Å². The molecule has 4 nitrogen and oxygen atoms in total. The fourth-order valence-corrected chi connectivity index (χ4v) is 10.1. The summed E-state index contributed by atoms with van der Waals surface area (Å²) in [7, 11) is 0. The van der Waals surface area contributed by atoms with E-state index < -0.39 is 5.41 Å². The van der Waals surface area contributed by atoms with Crippen LogP contribution in [0, 0.1) is 40.4 Å². The largest absolute Gasteiger partial charge is 0.458 e. The van der Waals surface area contributed by atoms with Gasteiger partial charge in [0.2, 0.25) is 0 Å². The highest BCUT2D eigenvalue weighted by molar-refractivity contribution is 5.70. The zero-order chi connectivity index (χ0) is 28.3. The van der Waals surface area contributed by atoms with Gasteiger partial charge in [0, 0.05) is 11.8 Å². The van der Waals surface area contributed by atoms with Crippen molar-refractivity contribution < 1.29 is 19.4 Å². The average Bonchev–Trinajstić information content (AvgIpc) is 3.18. The average molecular weight is 543 g/mol. The predicted octanol–water partition coefficient (Wildman–Crippen LogP) is 8.59. The molecular weight excluding hydrogens is 484 g/mol. The first-order valence-corrected chi connectivity index (χ1v) is 16.8. The fourth-order valence-electron chi connectivity index (χ4n) is 10.1. The first-order chi connectivity index (χ1) is 18.7. The summed E-state index contributed by atoms with van der Waals surface area (Å²) in [4.78, 5) is 26.3. The third-order valence-electron chi connectivity index (χ3n) is 12.2. The Balaban J connectivity index is 1.52. The maximum atomic E-state index is 13.3. The van der Waals surface area contributed by atoms with Crippen LogP contribution in [0.5, 0.6) is 0 Å². The zero-order valence-electron chi connectivity index (χ0n) is 25.8. The Hall–Kier alpha value is -1.16. The second-order valence-electron chi connectivity index (χ2n) is 14.3. The van der Waals surface area contributed by atoms with Crippen LogP contribution in [-0.2, 0) is 14.3 Å². The fraction of sp³-hybridized carbons (Fsp3) is 0.886. The van der Waals surface area contributed by atoms with Gasteiger partial charge in [0.1, 0.15) is 11.9 Å². The zero-order valence-corrected chi connectivity index (χ0v) is 25.8. The molecule has 0 unspecified atom stereocenters. The smallest absolute Gasteiger partial charge is 0.306 e. The van der Waals surface area contributed by atoms with Crippen LogP contribution in [0.1, 0.15) is 144 Å². The van der Waals surface area contributed by atoms with Gasteiger partial charge in [-0.1, -0.05) is 91.2 Å². The molecule has 9 atom stereocenters. The van der Waals surface area contributed by atoms with Crippen molar-refractivity contribution in [2.45, 2.75) is 155 Å². The molecule has 0 radical (unpaired) electrons. The van der Waals surface area contributed by atoms with Crippen molar-refractivity contribution in [3.63, 3.8) is 0 Å². The molecule has 0 aromatic heterocycles. The van der Waals surface area contributed by atoms with E-state index in [-0.39, 0.29) is 29.0 Å². The van der Waals surface area contributed by atoms with Gasteiger partial charge in [0.25, 0.3) is 0 Å². The standard InChI is InChI=1S/C35H58O4/c1-6-8-10-11-12-13-14-15-31(38)39-34(18-9-7-2)20-17-29-32-25(3)21-27-23-28(37)22-26(4)35(27,24-36)30(32)16-19-33(29,34)5/h21,24-26,28-30,32,37H,6-20,22-23H2,1-5H3/t25-,26+,28+,29+,30+,32+,33+,34+,35+/m1/s1. The van der Waals surface area contributed by atoms with Crippen molar-refractivity contribution in [3.05, 3.63) is 11.6 Å². The minimum absolute atomic E-state index is 0.0155. The lowest BCUT2D eigenvalue weighted by atomic mass is 9.43. The second kappa shape index (κ2) is 12.8. The van der Waals surface area contributed by atoms with E-state index in [1.54, 1.807) is 0 Å². The molecule has 0 bridgehead atoms. The van der Waals surface area contributed by atoms with E-state index in [2.05, 4.69) is 40.7 Å². The summed E-state index contributed by atoms with van der Waals surface area (Å²) in [5.41, 5.74) is 0.362. The highest BCUT2D eigenvalue weighted by atomic mass is 16.6. The van der Waals surface area contributed by atoms with Crippen LogP contribution in [0.4, 0.5) is 0 Å². The van der Waals surface area contributed by atoms with Gasteiger partial charge in [-0.25, -0.2) is 0 Å². The van der Waals surface area contributed by atoms with Crippen LogP contribution in [-0.4, -0.2) is 29.1 Å². The van der Waals surface area contributed by atoms with E-state index in [0.29, 0.717) is 42.9 Å². The normalized spacial score (nSPS) is 41.2. The summed E-state index contributed by atoms with van der Waals surface area (Å²) >= 11 is 0. The minimum Gasteiger partial charge on any atom is -0.458 e. The molecule has 3 saturated carbocycles. The highest BCUT2D eigenvalue weighted by Gasteiger charge is 2.67. The number of rotatable bonds is 13. The number of carbonyl (C=O) groups excluding carboxylic acids is 2. The molecule has 222 valence electrons. The number of allylic oxidation sites excluding steroid dienone is 1. The number of unbranched alkanes of at least 4 members (excludes halogenated alkanes) is 7. The minimum atomic E-state index is -0.430. The Morgan fingerprint density at radius 1 is 1.00 bits per heavy atom. The maximum Gasteiger partial charge on any atom is 0.306 e. The number of fused-ring (bicyclic) bond motifs is 5. The van der Waals surface area contributed by atoms with Crippen LogP contribution in [0.2, 0.25) is 0 Å². The number of esters is 1. The van der Waals surface area contributed by atoms with Gasteiger partial charge in [-0.3, -0.25) is 4.79 Å². The Kier molecular flexibility index (Phi) is 10.1. The van der Waals surface area contributed by atoms with Crippen molar-refractivity contribution in [1.82, 2.24) is 0 Å². The number of hydrogen-bond donors (Lipinski definition) is 1. The molecule has 0 aliphatic heterocycles. The molecular formula is C35H58O4. The van der Waals surface area contributed by atoms with Crippen LogP contribution in [0.15, 0.2) is 11.6 Å². The maximum absolute atomic E-state index is 13.3. The number of aliphatic hydroxyl groups is 1. The Morgan fingerprint density at radius 3 is 2.36 bits per heavy atom. The number of hydrogen-bond acceptors (Lipinski definition) is 4. The van der Waals surface area contributed by atoms with Gasteiger partial charge < -0.3 is 14.6 Å². The summed E-state index contributed by atoms with van der Waals surface area (Å²) in [5, 5.41) is 10.6. The number of aldehydes is 1. The van der Waals surface area contributed by atoms with Crippen LogP contribution < -0.4 is 0 Å². The molecule has 39 heavy (non-hydrogen) atoms. The molecule has 1 N–H and O–H groups in total. The van der Waals surface area contributed by atoms with Crippen molar-refractivity contribution in [3.8, 4) is 0 Å². The Labute approximate surface area is 239 Å². The van der Waals surface area contributed by atoms with Crippen LogP contribution >= 0.6 is 0 Å². The molecule has 4 rings (SSSR count). The summed E-state index contributed by atoms with van der Waals surface area (Å²) in [6.07, 6.45) is 20.9. The van der Waals surface area contributed by atoms with E-state index >= 15 is 0 Å². The highest BCUT2D eigenvalue weighted by Crippen LogP contribution is 2.70. The van der Waals surface area contributed by atoms with Crippen molar-refractivity contribution in [1.29, 1.82) is 0 Å². The first kappa shape index (κ1) is 30.8. The monoisotopic (exact) mass is 542 g/mol. The molecule has 4 aliphatic carbocycles. The predicted molar refractivity (Wildman–Crippen MR) is 158 cm³/mol. The molecule has 0 aromatic rings. The molecule has 0 aromatic carbocycles. The molecule has 0 saturated heterocycles. The molecule has 3 fully saturated rings. The number of aliphatic hydroxyl groups excluding tert-OH is 1. The number of ether oxygens (including phenoxy) is 1. The van der Waals surface area contributed by atoms with E-state index in [4.69, 9.17) is 4.74 Å². The molecule has 0 spiro atoms. The van der Waals surface area contributed by atoms with Crippen LogP contribution in [0.3, 0.4) is 0 Å². The van der Waals surface area contributed by atoms with E-state index in [1.165, 1.54) is 44.0 Å². The lowest BCUT2D eigenvalue weighted by molar-refractivity contribution is -0.189. The quantitative estimate of drug-likeness (QED) is 0.110. The van der Waals surface area contributed by atoms with Crippen molar-refractivity contribution in [2.75, 3.05) is 0 Å². The van der Waals surface area contributed by atoms with Gasteiger partial charge >= 0.3 is 5.97 Å². The number of carbonyl (C=O) groups is 2. The van der Waals surface area contributed by atoms with Gasteiger partial charge in [0.15, 0.2) is 0 Å². The third kappa shape index (κ3) is 5.54. The summed E-state index contributed by atoms with van der Waals surface area (Å²) in [6, 6.07) is 0. The van der Waals surface area contributed by atoms with Gasteiger partial charge in [-0.05, 0) is 87.4 Å². The molecule has 4 aliphatic rings. The van der Waals surface area contributed by atoms with Gasteiger partial charge in [0.05, 0.1) is 11.5 Å². The summed E-state index contributed by atoms with van der Waals surface area (Å²) in [6.45, 7) is 11.5. The summed E-state index contributed by atoms with van der Waals surface area (Å²) in [5.74, 6) is 1.78. The topological polar surface area (TPSA) is 63.6 Å². The second-order valence-corrected chi connectivity index (χ2v) is 14.3. The molecule has 4 heteroatoms. The van der Waals surface area contributed by atoms with E-state index in [0.717, 1.165) is 57.8 Å². The Bertz CT molecular complexity index is 880. The Morgan fingerprint density at radius 2 is 1.67 bits per heavy atom. The van der Waals surface area contributed by atoms with Crippen LogP contribution in [0.25, 0.3) is 0 Å². The SMILES string of the molecule is CCCCCCCCCC(=O)O[C@@]1(CCCC)CC[C@H]2[C@@H]3[C@H](C)C=C4C[C@@H](O)C[C@H](C)[C@]4(C=O)[C@H]3CC[C@@]21C. The van der Waals surface area contributed by atoms with E-state index in [9.17, 15) is 14.7 Å². The summed E-state index contributed by atoms with van der Waals surface area (Å²) < 4.78 is 6.67. The van der Waals surface area contributed by atoms with E-state index in [1.807, 2.05) is 0 Å². The van der Waals surface area contributed by atoms with Gasteiger partial charge in [-0.15, -0.1) is 0 Å². The third-order valence-corrected chi connectivity index (χ3v) is 12.2. The van der Waals surface area contributed by atoms with Crippen molar-refractivity contribution in [2.24, 2.45) is 40.4 Å². The molecule has 0 amide bonds. The van der Waals surface area contributed by atoms with Crippen molar-refractivity contribution >= 4 is 12.3 Å².